The minimum absolute atomic E-state index is 0.140. The van der Waals surface area contributed by atoms with Gasteiger partial charge in [0.1, 0.15) is 0 Å². The van der Waals surface area contributed by atoms with Gasteiger partial charge in [-0.05, 0) is 34.1 Å². The van der Waals surface area contributed by atoms with Gasteiger partial charge < -0.3 is 0 Å². The highest BCUT2D eigenvalue weighted by molar-refractivity contribution is 7.66. The summed E-state index contributed by atoms with van der Waals surface area (Å²) in [5, 5.41) is 0. The molecule has 0 N–H and O–H groups in total. The van der Waals surface area contributed by atoms with Crippen LogP contribution < -0.4 is 0 Å². The van der Waals surface area contributed by atoms with Crippen LogP contribution in [0.2, 0.25) is 0 Å². The number of hydrogen-bond acceptors (Lipinski definition) is 0. The Morgan fingerprint density at radius 2 is 1.75 bits per heavy atom. The van der Waals surface area contributed by atoms with Crippen molar-refractivity contribution in [3.05, 3.63) is 22.5 Å². The van der Waals surface area contributed by atoms with Crippen LogP contribution in [0, 0.1) is 5.41 Å². The van der Waals surface area contributed by atoms with E-state index in [1.54, 1.807) is 16.7 Å². The average molecular weight is 252 g/mol. The lowest BCUT2D eigenvalue weighted by Crippen LogP contribution is -2.39. The quantitative estimate of drug-likeness (QED) is 0.436. The number of fused-ring (bicyclic) bond motifs is 5. The van der Waals surface area contributed by atoms with Gasteiger partial charge in [0.05, 0.1) is 0 Å². The van der Waals surface area contributed by atoms with Gasteiger partial charge in [-0.2, -0.15) is 0 Å². The van der Waals surface area contributed by atoms with Gasteiger partial charge >= 0.3 is 0 Å². The summed E-state index contributed by atoms with van der Waals surface area (Å²) in [4.78, 5) is 0. The molecule has 0 aromatic rings. The van der Waals surface area contributed by atoms with Crippen LogP contribution in [0.25, 0.3) is 0 Å². The number of rotatable bonds is 0. The standard InChI is InChI=1S/C14H22P2/c1-8-7-15(5)13-11-9(2)10(3)12(16(11)6)14(8,13)4/h7,11-13H,1-6H3/t11-,12+,13+,14-,15?,16?/m0/s1. The number of hydrogen-bond donors (Lipinski definition) is 0. The molecule has 2 heteroatoms. The third kappa shape index (κ3) is 1.01. The Balaban J connectivity index is 2.19. The summed E-state index contributed by atoms with van der Waals surface area (Å²) in [6.07, 6.45) is 0. The zero-order valence-electron chi connectivity index (χ0n) is 11.2. The lowest BCUT2D eigenvalue weighted by Gasteiger charge is -2.40. The lowest BCUT2D eigenvalue weighted by atomic mass is 9.69. The van der Waals surface area contributed by atoms with E-state index in [0.717, 1.165) is 17.0 Å². The molecule has 0 aliphatic carbocycles. The van der Waals surface area contributed by atoms with Crippen LogP contribution in [0.15, 0.2) is 22.5 Å². The molecule has 88 valence electrons. The molecule has 16 heavy (non-hydrogen) atoms. The first-order valence-corrected chi connectivity index (χ1v) is 10.1. The Morgan fingerprint density at radius 1 is 1.12 bits per heavy atom. The molecule has 0 radical (unpaired) electrons. The summed E-state index contributed by atoms with van der Waals surface area (Å²) in [7, 11) is 0.351. The molecule has 1 saturated heterocycles. The summed E-state index contributed by atoms with van der Waals surface area (Å²) in [5.41, 5.74) is 8.59. The van der Waals surface area contributed by atoms with Gasteiger partial charge in [0, 0.05) is 22.4 Å². The van der Waals surface area contributed by atoms with Gasteiger partial charge in [-0.25, -0.2) is 0 Å². The largest absolute Gasteiger partial charge is 0.0936 e. The fraction of sp³-hybridized carbons (Fsp3) is 0.714. The molecule has 0 saturated carbocycles. The highest BCUT2D eigenvalue weighted by Crippen LogP contribution is 2.80. The van der Waals surface area contributed by atoms with Crippen LogP contribution in [0.3, 0.4) is 0 Å². The van der Waals surface area contributed by atoms with Crippen molar-refractivity contribution in [2.45, 2.75) is 44.7 Å². The molecule has 0 spiro atoms. The molecule has 2 bridgehead atoms. The molecule has 2 unspecified atom stereocenters. The third-order valence-corrected chi connectivity index (χ3v) is 11.5. The predicted molar refractivity (Wildman–Crippen MR) is 77.3 cm³/mol. The topological polar surface area (TPSA) is 0 Å². The second-order valence-electron chi connectivity index (χ2n) is 6.08. The van der Waals surface area contributed by atoms with E-state index in [1.807, 2.05) is 0 Å². The first kappa shape index (κ1) is 11.4. The number of allylic oxidation sites excluding steroid dienone is 3. The van der Waals surface area contributed by atoms with Crippen molar-refractivity contribution in [3.8, 4) is 0 Å². The van der Waals surface area contributed by atoms with Crippen LogP contribution in [0.1, 0.15) is 27.7 Å². The highest BCUT2D eigenvalue weighted by atomic mass is 31.1. The molecular formula is C14H22P2. The molecule has 6 atom stereocenters. The summed E-state index contributed by atoms with van der Waals surface area (Å²) < 4.78 is 0. The van der Waals surface area contributed by atoms with E-state index in [2.05, 4.69) is 46.8 Å². The molecule has 1 fully saturated rings. The fourth-order valence-corrected chi connectivity index (χ4v) is 12.9. The van der Waals surface area contributed by atoms with E-state index in [4.69, 9.17) is 0 Å². The normalized spacial score (nSPS) is 54.6. The lowest BCUT2D eigenvalue weighted by molar-refractivity contribution is 0.399. The maximum absolute atomic E-state index is 2.62. The van der Waals surface area contributed by atoms with Crippen molar-refractivity contribution in [1.82, 2.24) is 0 Å². The average Bonchev–Trinajstić information content (AvgIpc) is 2.64. The van der Waals surface area contributed by atoms with Gasteiger partial charge in [-0.3, -0.25) is 0 Å². The summed E-state index contributed by atoms with van der Waals surface area (Å²) in [6, 6.07) is 0. The van der Waals surface area contributed by atoms with Crippen molar-refractivity contribution < 1.29 is 0 Å². The van der Waals surface area contributed by atoms with E-state index in [0.29, 0.717) is 5.41 Å². The van der Waals surface area contributed by atoms with Crippen LogP contribution in [-0.2, 0) is 0 Å². The zero-order valence-corrected chi connectivity index (χ0v) is 13.0. The van der Waals surface area contributed by atoms with Gasteiger partial charge in [0.2, 0.25) is 0 Å². The molecule has 0 amide bonds. The molecule has 3 heterocycles. The smallest absolute Gasteiger partial charge is 0.0101 e. The molecule has 3 aliphatic rings. The predicted octanol–water partition coefficient (Wildman–Crippen LogP) is 4.60. The van der Waals surface area contributed by atoms with Crippen molar-refractivity contribution in [1.29, 1.82) is 0 Å². The van der Waals surface area contributed by atoms with Crippen molar-refractivity contribution in [2.75, 3.05) is 13.3 Å². The zero-order chi connectivity index (χ0) is 11.8. The SMILES string of the molecule is CC1=CP(C)[C@@H]2[C@@H]3C(C)=C(C)[C@@H](P3C)[C@]12C. The minimum Gasteiger partial charge on any atom is -0.0936 e. The second-order valence-corrected chi connectivity index (χ2v) is 10.6. The van der Waals surface area contributed by atoms with E-state index >= 15 is 0 Å². The molecule has 3 rings (SSSR count). The van der Waals surface area contributed by atoms with Crippen molar-refractivity contribution in [3.63, 3.8) is 0 Å². The molecule has 0 nitrogen and oxygen atoms in total. The van der Waals surface area contributed by atoms with Crippen LogP contribution in [0.4, 0.5) is 0 Å². The first-order valence-electron chi connectivity index (χ1n) is 6.20. The Bertz CT molecular complexity index is 420. The van der Waals surface area contributed by atoms with E-state index < -0.39 is 0 Å². The van der Waals surface area contributed by atoms with Crippen molar-refractivity contribution >= 4 is 15.8 Å². The molecule has 0 aromatic carbocycles. The van der Waals surface area contributed by atoms with Gasteiger partial charge in [-0.1, -0.05) is 45.3 Å². The Labute approximate surface area is 102 Å². The fourth-order valence-electron chi connectivity index (χ4n) is 4.66. The van der Waals surface area contributed by atoms with E-state index in [-0.39, 0.29) is 15.8 Å². The van der Waals surface area contributed by atoms with E-state index in [9.17, 15) is 0 Å². The maximum atomic E-state index is 2.62. The third-order valence-electron chi connectivity index (χ3n) is 5.49. The van der Waals surface area contributed by atoms with E-state index in [1.165, 1.54) is 0 Å². The van der Waals surface area contributed by atoms with Crippen molar-refractivity contribution in [2.24, 2.45) is 5.41 Å². The summed E-state index contributed by atoms with van der Waals surface area (Å²) in [5.74, 6) is 2.62. The Morgan fingerprint density at radius 3 is 2.38 bits per heavy atom. The summed E-state index contributed by atoms with van der Waals surface area (Å²) >= 11 is 0. The first-order chi connectivity index (χ1) is 7.40. The highest BCUT2D eigenvalue weighted by Gasteiger charge is 2.64. The Hall–Kier alpha value is 0.340. The summed E-state index contributed by atoms with van der Waals surface area (Å²) in [6.45, 7) is 14.8. The van der Waals surface area contributed by atoms with Crippen LogP contribution in [-0.4, -0.2) is 30.3 Å². The van der Waals surface area contributed by atoms with Gasteiger partial charge in [0.15, 0.2) is 0 Å². The van der Waals surface area contributed by atoms with Gasteiger partial charge in [0.25, 0.3) is 0 Å². The van der Waals surface area contributed by atoms with Gasteiger partial charge in [-0.15, -0.1) is 0 Å². The molecule has 3 aliphatic heterocycles. The molecule has 0 aromatic heterocycles. The minimum atomic E-state index is 0.140. The van der Waals surface area contributed by atoms with Crippen LogP contribution >= 0.6 is 15.8 Å². The van der Waals surface area contributed by atoms with Crippen LogP contribution in [0.5, 0.6) is 0 Å². The second kappa shape index (κ2) is 3.21. The molecular weight excluding hydrogens is 230 g/mol. The Kier molecular flexibility index (Phi) is 2.29. The maximum Gasteiger partial charge on any atom is 0.0101 e. The monoisotopic (exact) mass is 252 g/mol.